The Morgan fingerprint density at radius 2 is 2.00 bits per heavy atom. The molecule has 0 atom stereocenters. The predicted molar refractivity (Wildman–Crippen MR) is 84.5 cm³/mol. The quantitative estimate of drug-likeness (QED) is 0.830. The molecule has 0 aromatic heterocycles. The van der Waals surface area contributed by atoms with E-state index in [1.54, 1.807) is 28.0 Å². The molecule has 0 aliphatic carbocycles. The van der Waals surface area contributed by atoms with Crippen LogP contribution >= 0.6 is 0 Å². The standard InChI is InChI=1S/C17H22N2O4/c1-3-4-7-18(2)16(20)13-9-19(10-13)17(21)12-5-6-14-15(8-12)23-11-22-14/h5-6,8,13H,3-4,7,9-11H2,1-2H3. The average molecular weight is 318 g/mol. The molecule has 1 saturated heterocycles. The molecule has 0 saturated carbocycles. The van der Waals surface area contributed by atoms with Crippen LogP contribution in [0, 0.1) is 5.92 Å². The predicted octanol–water partition coefficient (Wildman–Crippen LogP) is 1.75. The Labute approximate surface area is 136 Å². The highest BCUT2D eigenvalue weighted by molar-refractivity contribution is 5.96. The van der Waals surface area contributed by atoms with Crippen LogP contribution < -0.4 is 9.47 Å². The summed E-state index contributed by atoms with van der Waals surface area (Å²) in [5.74, 6) is 1.26. The molecule has 0 radical (unpaired) electrons. The van der Waals surface area contributed by atoms with Gasteiger partial charge in [0.05, 0.1) is 5.92 Å². The van der Waals surface area contributed by atoms with E-state index in [0.29, 0.717) is 30.2 Å². The number of likely N-dealkylation sites (tertiary alicyclic amines) is 1. The summed E-state index contributed by atoms with van der Waals surface area (Å²) in [5, 5.41) is 0. The van der Waals surface area contributed by atoms with Crippen LogP contribution in [0.4, 0.5) is 0 Å². The van der Waals surface area contributed by atoms with Crippen LogP contribution in [0.5, 0.6) is 11.5 Å². The Hall–Kier alpha value is -2.24. The number of rotatable bonds is 5. The summed E-state index contributed by atoms with van der Waals surface area (Å²) < 4.78 is 10.5. The van der Waals surface area contributed by atoms with E-state index in [1.165, 1.54) is 0 Å². The normalized spacial score (nSPS) is 16.2. The lowest BCUT2D eigenvalue weighted by Crippen LogP contribution is -2.56. The van der Waals surface area contributed by atoms with Crippen LogP contribution in [0.25, 0.3) is 0 Å². The van der Waals surface area contributed by atoms with Crippen LogP contribution in [0.2, 0.25) is 0 Å². The van der Waals surface area contributed by atoms with Crippen molar-refractivity contribution in [3.05, 3.63) is 23.8 Å². The zero-order chi connectivity index (χ0) is 16.4. The van der Waals surface area contributed by atoms with E-state index in [9.17, 15) is 9.59 Å². The molecular formula is C17H22N2O4. The molecule has 1 fully saturated rings. The molecule has 3 rings (SSSR count). The van der Waals surface area contributed by atoms with Crippen molar-refractivity contribution in [2.45, 2.75) is 19.8 Å². The third kappa shape index (κ3) is 3.11. The van der Waals surface area contributed by atoms with Gasteiger partial charge in [0.2, 0.25) is 12.7 Å². The number of hydrogen-bond acceptors (Lipinski definition) is 4. The van der Waals surface area contributed by atoms with Gasteiger partial charge in [-0.15, -0.1) is 0 Å². The second-order valence-electron chi connectivity index (χ2n) is 6.09. The van der Waals surface area contributed by atoms with Crippen molar-refractivity contribution in [3.8, 4) is 11.5 Å². The fourth-order valence-electron chi connectivity index (χ4n) is 2.83. The molecule has 23 heavy (non-hydrogen) atoms. The highest BCUT2D eigenvalue weighted by atomic mass is 16.7. The van der Waals surface area contributed by atoms with Crippen LogP contribution in [0.15, 0.2) is 18.2 Å². The third-order valence-electron chi connectivity index (χ3n) is 4.36. The van der Waals surface area contributed by atoms with Crippen LogP contribution in [-0.2, 0) is 4.79 Å². The number of fused-ring (bicyclic) bond motifs is 1. The minimum absolute atomic E-state index is 0.0661. The van der Waals surface area contributed by atoms with Gasteiger partial charge in [-0.1, -0.05) is 13.3 Å². The van der Waals surface area contributed by atoms with Gasteiger partial charge in [0, 0.05) is 32.2 Å². The molecule has 6 heteroatoms. The van der Waals surface area contributed by atoms with Gasteiger partial charge in [-0.3, -0.25) is 9.59 Å². The van der Waals surface area contributed by atoms with Crippen molar-refractivity contribution >= 4 is 11.8 Å². The van der Waals surface area contributed by atoms with E-state index in [1.807, 2.05) is 7.05 Å². The Kier molecular flexibility index (Phi) is 4.41. The first kappa shape index (κ1) is 15.6. The van der Waals surface area contributed by atoms with Gasteiger partial charge >= 0.3 is 0 Å². The number of nitrogens with zero attached hydrogens (tertiary/aromatic N) is 2. The second kappa shape index (κ2) is 6.48. The molecule has 124 valence electrons. The first-order valence-electron chi connectivity index (χ1n) is 8.04. The van der Waals surface area contributed by atoms with E-state index in [4.69, 9.17) is 9.47 Å². The third-order valence-corrected chi connectivity index (χ3v) is 4.36. The monoisotopic (exact) mass is 318 g/mol. The number of carbonyl (C=O) groups excluding carboxylic acids is 2. The summed E-state index contributed by atoms with van der Waals surface area (Å²) in [4.78, 5) is 28.2. The summed E-state index contributed by atoms with van der Waals surface area (Å²) in [6.07, 6.45) is 2.08. The van der Waals surface area contributed by atoms with E-state index >= 15 is 0 Å². The summed E-state index contributed by atoms with van der Waals surface area (Å²) in [5.41, 5.74) is 0.569. The van der Waals surface area contributed by atoms with E-state index in [-0.39, 0.29) is 24.5 Å². The zero-order valence-corrected chi connectivity index (χ0v) is 13.6. The number of ether oxygens (including phenoxy) is 2. The molecule has 2 amide bonds. The molecule has 6 nitrogen and oxygen atoms in total. The molecule has 1 aromatic rings. The summed E-state index contributed by atoms with van der Waals surface area (Å²) >= 11 is 0. The van der Waals surface area contributed by atoms with Gasteiger partial charge in [-0.2, -0.15) is 0 Å². The minimum atomic E-state index is -0.0742. The fraction of sp³-hybridized carbons (Fsp3) is 0.529. The zero-order valence-electron chi connectivity index (χ0n) is 13.6. The summed E-state index contributed by atoms with van der Waals surface area (Å²) in [7, 11) is 1.83. The molecule has 0 unspecified atom stereocenters. The van der Waals surface area contributed by atoms with Gasteiger partial charge in [-0.25, -0.2) is 0 Å². The highest BCUT2D eigenvalue weighted by Crippen LogP contribution is 2.33. The van der Waals surface area contributed by atoms with Gasteiger partial charge in [0.15, 0.2) is 11.5 Å². The number of hydrogen-bond donors (Lipinski definition) is 0. The molecule has 0 spiro atoms. The lowest BCUT2D eigenvalue weighted by molar-refractivity contribution is -0.138. The average Bonchev–Trinajstić information content (AvgIpc) is 2.98. The lowest BCUT2D eigenvalue weighted by Gasteiger charge is -2.40. The molecule has 1 aromatic carbocycles. The van der Waals surface area contributed by atoms with Gasteiger partial charge in [0.1, 0.15) is 0 Å². The maximum absolute atomic E-state index is 12.4. The SMILES string of the molecule is CCCCN(C)C(=O)C1CN(C(=O)c2ccc3c(c2)OCO3)C1. The first-order valence-corrected chi connectivity index (χ1v) is 8.04. The first-order chi connectivity index (χ1) is 11.1. The van der Waals surface area contributed by atoms with E-state index in [0.717, 1.165) is 19.4 Å². The molecule has 2 heterocycles. The van der Waals surface area contributed by atoms with Crippen LogP contribution in [0.3, 0.4) is 0 Å². The van der Waals surface area contributed by atoms with Crippen molar-refractivity contribution < 1.29 is 19.1 Å². The molecule has 0 bridgehead atoms. The number of benzene rings is 1. The maximum atomic E-state index is 12.4. The Morgan fingerprint density at radius 3 is 2.74 bits per heavy atom. The van der Waals surface area contributed by atoms with E-state index in [2.05, 4.69) is 6.92 Å². The molecule has 0 N–H and O–H groups in total. The Balaban J connectivity index is 1.54. The van der Waals surface area contributed by atoms with Gasteiger partial charge < -0.3 is 19.3 Å². The van der Waals surface area contributed by atoms with Gasteiger partial charge in [-0.05, 0) is 24.6 Å². The molecule has 2 aliphatic rings. The number of amides is 2. The Bertz CT molecular complexity index is 611. The fourth-order valence-corrected chi connectivity index (χ4v) is 2.83. The van der Waals surface area contributed by atoms with Crippen molar-refractivity contribution in [1.82, 2.24) is 9.80 Å². The second-order valence-corrected chi connectivity index (χ2v) is 6.09. The van der Waals surface area contributed by atoms with Crippen molar-refractivity contribution in [1.29, 1.82) is 0 Å². The number of carbonyl (C=O) groups is 2. The largest absolute Gasteiger partial charge is 0.454 e. The van der Waals surface area contributed by atoms with Crippen molar-refractivity contribution in [3.63, 3.8) is 0 Å². The summed E-state index contributed by atoms with van der Waals surface area (Å²) in [6.45, 7) is 4.05. The summed E-state index contributed by atoms with van der Waals surface area (Å²) in [6, 6.07) is 5.18. The van der Waals surface area contributed by atoms with Crippen LogP contribution in [0.1, 0.15) is 30.1 Å². The Morgan fingerprint density at radius 1 is 1.26 bits per heavy atom. The molecule has 2 aliphatic heterocycles. The van der Waals surface area contributed by atoms with E-state index < -0.39 is 0 Å². The minimum Gasteiger partial charge on any atom is -0.454 e. The topological polar surface area (TPSA) is 59.1 Å². The lowest BCUT2D eigenvalue weighted by atomic mass is 9.97. The van der Waals surface area contributed by atoms with Crippen molar-refractivity contribution in [2.24, 2.45) is 5.92 Å². The van der Waals surface area contributed by atoms with Gasteiger partial charge in [0.25, 0.3) is 5.91 Å². The molecular weight excluding hydrogens is 296 g/mol. The van der Waals surface area contributed by atoms with Crippen LogP contribution in [-0.4, -0.2) is 55.1 Å². The smallest absolute Gasteiger partial charge is 0.254 e. The highest BCUT2D eigenvalue weighted by Gasteiger charge is 2.37. The maximum Gasteiger partial charge on any atom is 0.254 e. The number of unbranched alkanes of at least 4 members (excludes halogenated alkanes) is 1. The van der Waals surface area contributed by atoms with Crippen molar-refractivity contribution in [2.75, 3.05) is 33.5 Å².